The van der Waals surface area contributed by atoms with E-state index in [9.17, 15) is 13.2 Å². The van der Waals surface area contributed by atoms with Gasteiger partial charge in [0.15, 0.2) is 0 Å². The number of hydrogen-bond donors (Lipinski definition) is 1. The summed E-state index contributed by atoms with van der Waals surface area (Å²) in [5.41, 5.74) is 0.142. The number of fused-ring (bicyclic) bond motifs is 1. The molecule has 5 heteroatoms. The number of benzene rings is 1. The Labute approximate surface area is 116 Å². The molecule has 1 heterocycles. The van der Waals surface area contributed by atoms with Crippen molar-refractivity contribution in [3.63, 3.8) is 0 Å². The number of rotatable bonds is 2. The topological polar surface area (TPSA) is 21.3 Å². The summed E-state index contributed by atoms with van der Waals surface area (Å²) < 4.78 is 43.3. The number of nitrogens with one attached hydrogen (secondary N) is 1. The fourth-order valence-corrected chi connectivity index (χ4v) is 3.55. The minimum Gasteiger partial charge on any atom is -0.381 e. The molecule has 3 atom stereocenters. The van der Waals surface area contributed by atoms with Crippen LogP contribution in [0.15, 0.2) is 24.3 Å². The summed E-state index contributed by atoms with van der Waals surface area (Å²) in [6, 6.07) is 5.50. The summed E-state index contributed by atoms with van der Waals surface area (Å²) in [5.74, 6) is 0.465. The van der Waals surface area contributed by atoms with E-state index in [1.54, 1.807) is 0 Å². The van der Waals surface area contributed by atoms with Gasteiger partial charge < -0.3 is 10.1 Å². The first kappa shape index (κ1) is 13.7. The lowest BCUT2D eigenvalue weighted by atomic mass is 9.57. The first-order chi connectivity index (χ1) is 9.30. The Morgan fingerprint density at radius 1 is 1.20 bits per heavy atom. The standard InChI is InChI=1S/C15H18F3NO/c1-14(2)12(11-7-8-20-13(11)14)19-10-5-3-9(4-6-10)15(16,17)18/h3-6,11-13,19H,7-8H2,1-2H3. The van der Waals surface area contributed by atoms with Gasteiger partial charge in [-0.05, 0) is 30.7 Å². The highest BCUT2D eigenvalue weighted by Gasteiger charge is 2.59. The van der Waals surface area contributed by atoms with Gasteiger partial charge in [0.2, 0.25) is 0 Å². The van der Waals surface area contributed by atoms with Gasteiger partial charge in [0.25, 0.3) is 0 Å². The van der Waals surface area contributed by atoms with Crippen molar-refractivity contribution in [2.45, 2.75) is 38.6 Å². The number of ether oxygens (including phenoxy) is 1. The molecule has 1 aliphatic carbocycles. The highest BCUT2D eigenvalue weighted by atomic mass is 19.4. The van der Waals surface area contributed by atoms with Gasteiger partial charge in [-0.15, -0.1) is 0 Å². The van der Waals surface area contributed by atoms with Gasteiger partial charge in [-0.3, -0.25) is 0 Å². The van der Waals surface area contributed by atoms with E-state index < -0.39 is 11.7 Å². The minimum absolute atomic E-state index is 0.0177. The van der Waals surface area contributed by atoms with Gasteiger partial charge in [0.1, 0.15) is 0 Å². The summed E-state index contributed by atoms with van der Waals surface area (Å²) in [5, 5.41) is 3.37. The number of halogens is 3. The highest BCUT2D eigenvalue weighted by Crippen LogP contribution is 2.53. The fourth-order valence-electron chi connectivity index (χ4n) is 3.55. The Bertz CT molecular complexity index is 495. The molecular weight excluding hydrogens is 267 g/mol. The van der Waals surface area contributed by atoms with Crippen molar-refractivity contribution in [3.05, 3.63) is 29.8 Å². The van der Waals surface area contributed by atoms with E-state index in [0.29, 0.717) is 5.92 Å². The number of alkyl halides is 3. The summed E-state index contributed by atoms with van der Waals surface area (Å²) in [7, 11) is 0. The van der Waals surface area contributed by atoms with E-state index in [1.807, 2.05) is 0 Å². The average molecular weight is 285 g/mol. The maximum atomic E-state index is 12.5. The van der Waals surface area contributed by atoms with E-state index in [-0.39, 0.29) is 17.6 Å². The average Bonchev–Trinajstić information content (AvgIpc) is 2.82. The van der Waals surface area contributed by atoms with Crippen LogP contribution in [0.5, 0.6) is 0 Å². The molecule has 1 aliphatic heterocycles. The van der Waals surface area contributed by atoms with Crippen LogP contribution in [0, 0.1) is 11.3 Å². The van der Waals surface area contributed by atoms with Crippen LogP contribution in [0.2, 0.25) is 0 Å². The molecule has 1 saturated heterocycles. The molecule has 110 valence electrons. The molecule has 3 unspecified atom stereocenters. The monoisotopic (exact) mass is 285 g/mol. The van der Waals surface area contributed by atoms with Gasteiger partial charge in [0.05, 0.1) is 11.7 Å². The van der Waals surface area contributed by atoms with Gasteiger partial charge in [-0.2, -0.15) is 13.2 Å². The molecule has 3 rings (SSSR count). The molecule has 1 N–H and O–H groups in total. The molecule has 2 aliphatic rings. The molecule has 2 nitrogen and oxygen atoms in total. The third-order valence-corrected chi connectivity index (χ3v) is 4.63. The van der Waals surface area contributed by atoms with Crippen molar-refractivity contribution in [1.29, 1.82) is 0 Å². The van der Waals surface area contributed by atoms with E-state index in [1.165, 1.54) is 12.1 Å². The van der Waals surface area contributed by atoms with Crippen molar-refractivity contribution in [2.24, 2.45) is 11.3 Å². The van der Waals surface area contributed by atoms with Crippen LogP contribution in [0.4, 0.5) is 18.9 Å². The van der Waals surface area contributed by atoms with Crippen LogP contribution >= 0.6 is 0 Å². The summed E-state index contributed by atoms with van der Waals surface area (Å²) >= 11 is 0. The van der Waals surface area contributed by atoms with Gasteiger partial charge in [0, 0.05) is 29.7 Å². The van der Waals surface area contributed by atoms with Gasteiger partial charge in [-0.25, -0.2) is 0 Å². The first-order valence-electron chi connectivity index (χ1n) is 6.85. The summed E-state index contributed by atoms with van der Waals surface area (Å²) in [4.78, 5) is 0. The smallest absolute Gasteiger partial charge is 0.381 e. The van der Waals surface area contributed by atoms with E-state index in [4.69, 9.17) is 4.74 Å². The third-order valence-electron chi connectivity index (χ3n) is 4.63. The van der Waals surface area contributed by atoms with E-state index in [2.05, 4.69) is 19.2 Å². The maximum Gasteiger partial charge on any atom is 0.416 e. The molecule has 0 amide bonds. The van der Waals surface area contributed by atoms with Crippen molar-refractivity contribution >= 4 is 5.69 Å². The van der Waals surface area contributed by atoms with Crippen LogP contribution in [0.25, 0.3) is 0 Å². The van der Waals surface area contributed by atoms with Crippen LogP contribution in [0.1, 0.15) is 25.8 Å². The lowest BCUT2D eigenvalue weighted by molar-refractivity contribution is -0.137. The van der Waals surface area contributed by atoms with Gasteiger partial charge >= 0.3 is 6.18 Å². The molecule has 1 aromatic rings. The molecule has 0 bridgehead atoms. The quantitative estimate of drug-likeness (QED) is 0.889. The van der Waals surface area contributed by atoms with Crippen molar-refractivity contribution in [2.75, 3.05) is 11.9 Å². The largest absolute Gasteiger partial charge is 0.416 e. The molecule has 0 radical (unpaired) electrons. The van der Waals surface area contributed by atoms with Crippen molar-refractivity contribution in [3.8, 4) is 0 Å². The molecule has 1 saturated carbocycles. The minimum atomic E-state index is -4.28. The van der Waals surface area contributed by atoms with Crippen LogP contribution < -0.4 is 5.32 Å². The van der Waals surface area contributed by atoms with Crippen molar-refractivity contribution < 1.29 is 17.9 Å². The Balaban J connectivity index is 1.72. The molecule has 2 fully saturated rings. The van der Waals surface area contributed by atoms with E-state index in [0.717, 1.165) is 30.8 Å². The lowest BCUT2D eigenvalue weighted by Gasteiger charge is -2.55. The Morgan fingerprint density at radius 3 is 2.45 bits per heavy atom. The predicted octanol–water partition coefficient (Wildman–Crippen LogP) is 3.93. The molecular formula is C15H18F3NO. The molecule has 0 aromatic heterocycles. The SMILES string of the molecule is CC1(C)C(Nc2ccc(C(F)(F)F)cc2)C2CCOC21. The maximum absolute atomic E-state index is 12.5. The Morgan fingerprint density at radius 2 is 1.85 bits per heavy atom. The van der Waals surface area contributed by atoms with E-state index >= 15 is 0 Å². The lowest BCUT2D eigenvalue weighted by Crippen LogP contribution is -2.63. The predicted molar refractivity (Wildman–Crippen MR) is 70.5 cm³/mol. The Hall–Kier alpha value is -1.23. The molecule has 20 heavy (non-hydrogen) atoms. The highest BCUT2D eigenvalue weighted by molar-refractivity contribution is 5.47. The molecule has 1 aromatic carbocycles. The van der Waals surface area contributed by atoms with Crippen LogP contribution in [-0.2, 0) is 10.9 Å². The third kappa shape index (κ3) is 2.08. The summed E-state index contributed by atoms with van der Waals surface area (Å²) in [6.45, 7) is 5.06. The fraction of sp³-hybridized carbons (Fsp3) is 0.600. The number of anilines is 1. The van der Waals surface area contributed by atoms with Gasteiger partial charge in [-0.1, -0.05) is 13.8 Å². The second kappa shape index (κ2) is 4.38. The zero-order valence-corrected chi connectivity index (χ0v) is 11.5. The normalized spacial score (nSPS) is 31.6. The second-order valence-corrected chi connectivity index (χ2v) is 6.26. The van der Waals surface area contributed by atoms with Crippen LogP contribution in [-0.4, -0.2) is 18.8 Å². The Kier molecular flexibility index (Phi) is 3.01. The first-order valence-corrected chi connectivity index (χ1v) is 6.85. The van der Waals surface area contributed by atoms with Crippen molar-refractivity contribution in [1.82, 2.24) is 0 Å². The van der Waals surface area contributed by atoms with Crippen LogP contribution in [0.3, 0.4) is 0 Å². The zero-order chi connectivity index (χ0) is 14.5. The zero-order valence-electron chi connectivity index (χ0n) is 11.5. The molecule has 0 spiro atoms. The summed E-state index contributed by atoms with van der Waals surface area (Å²) in [6.07, 6.45) is -2.99. The second-order valence-electron chi connectivity index (χ2n) is 6.26. The number of hydrogen-bond acceptors (Lipinski definition) is 2.